The highest BCUT2D eigenvalue weighted by molar-refractivity contribution is 7.46. The molecule has 0 rings (SSSR count). The van der Waals surface area contributed by atoms with E-state index in [1.54, 1.807) is 0 Å². The second-order valence-electron chi connectivity index (χ2n) is 34.1. The van der Waals surface area contributed by atoms with Gasteiger partial charge in [0, 0.05) is 51.6 Å². The predicted molar refractivity (Wildman–Crippen MR) is 504 cm³/mol. The fraction of sp³-hybridized carbons (Fsp3) is 0.848. The normalized spacial score (nSPS) is 14.2. The predicted octanol–water partition coefficient (Wildman–Crippen LogP) is 23.7. The molecule has 0 spiro atoms. The molecule has 0 aliphatic heterocycles. The summed E-state index contributed by atoms with van der Waals surface area (Å²) in [6.07, 6.45) is 66.6. The number of nitrogens with one attached hydrogen (secondary N) is 4. The van der Waals surface area contributed by atoms with E-state index in [9.17, 15) is 52.5 Å². The first-order chi connectivity index (χ1) is 61.2. The first kappa shape index (κ1) is 121. The molecule has 8 atom stereocenters. The first-order valence-electron chi connectivity index (χ1n) is 50.5. The van der Waals surface area contributed by atoms with Gasteiger partial charge in [-0.2, -0.15) is 0 Å². The summed E-state index contributed by atoms with van der Waals surface area (Å²) in [6, 6.07) is -2.91. The maximum Gasteiger partial charge on any atom is 0.314 e. The van der Waals surface area contributed by atoms with Crippen LogP contribution in [0.5, 0.6) is 0 Å². The Labute approximate surface area is 765 Å². The summed E-state index contributed by atoms with van der Waals surface area (Å²) in [5, 5.41) is 10.6. The third-order valence-electron chi connectivity index (χ3n) is 21.8. The van der Waals surface area contributed by atoms with Gasteiger partial charge in [0.1, 0.15) is 24.4 Å². The lowest BCUT2D eigenvalue weighted by molar-refractivity contribution is -0.227. The molecule has 0 aromatic heterocycles. The van der Waals surface area contributed by atoms with Gasteiger partial charge in [-0.3, -0.25) is 37.9 Å². The Morgan fingerprint density at radius 2 is 0.516 bits per heavy atom. The van der Waals surface area contributed by atoms with E-state index in [1.807, 2.05) is 0 Å². The molecule has 736 valence electrons. The number of urea groups is 1. The van der Waals surface area contributed by atoms with Gasteiger partial charge in [0.15, 0.2) is 0 Å². The third-order valence-corrected chi connectivity index (χ3v) is 23.7. The van der Waals surface area contributed by atoms with Gasteiger partial charge in [0.25, 0.3) is 15.6 Å². The van der Waals surface area contributed by atoms with Crippen molar-refractivity contribution in [3.8, 4) is 0 Å². The lowest BCUT2D eigenvalue weighted by Crippen LogP contribution is -2.43. The smallest absolute Gasteiger partial charge is 0.314 e. The van der Waals surface area contributed by atoms with E-state index < -0.39 is 108 Å². The summed E-state index contributed by atoms with van der Waals surface area (Å²) >= 11 is 0. The van der Waals surface area contributed by atoms with E-state index in [2.05, 4.69) is 125 Å². The van der Waals surface area contributed by atoms with Gasteiger partial charge < -0.3 is 77.6 Å². The van der Waals surface area contributed by atoms with Crippen LogP contribution < -0.4 is 31.1 Å². The Kier molecular flexibility index (Phi) is 86.0. The Morgan fingerprint density at radius 1 is 0.278 bits per heavy atom. The highest BCUT2D eigenvalue weighted by Gasteiger charge is 2.27. The van der Waals surface area contributed by atoms with Crippen LogP contribution in [-0.2, 0) is 84.4 Å². The molecule has 0 saturated heterocycles. The summed E-state index contributed by atoms with van der Waals surface area (Å²) in [4.78, 5) is 121. The van der Waals surface area contributed by atoms with Crippen LogP contribution in [0.25, 0.3) is 0 Å². The fourth-order valence-corrected chi connectivity index (χ4v) is 15.7. The van der Waals surface area contributed by atoms with Crippen molar-refractivity contribution in [2.24, 2.45) is 0 Å². The van der Waals surface area contributed by atoms with Crippen LogP contribution in [0.2, 0.25) is 0 Å². The molecule has 0 bridgehead atoms. The zero-order chi connectivity index (χ0) is 92.6. The Hall–Kier alpha value is -4.81. The summed E-state index contributed by atoms with van der Waals surface area (Å²) in [5.41, 5.74) is 0. The molecule has 27 heteroatoms. The molecule has 0 heterocycles. The number of phosphoric ester groups is 2. The summed E-state index contributed by atoms with van der Waals surface area (Å²) < 4.78 is 83.9. The Balaban J connectivity index is 6.38. The van der Waals surface area contributed by atoms with Crippen LogP contribution in [0.3, 0.4) is 0 Å². The summed E-state index contributed by atoms with van der Waals surface area (Å²) in [6.45, 7) is 14.1. The molecule has 0 radical (unpaired) electrons. The number of esters is 4. The van der Waals surface area contributed by atoms with Crippen LogP contribution in [0.15, 0.2) is 48.6 Å². The highest BCUT2D eigenvalue weighted by Crippen LogP contribution is 2.39. The number of carbonyl (C=O) groups excluding carboxylic acids is 7. The monoisotopic (exact) mass is 1830 g/mol. The van der Waals surface area contributed by atoms with E-state index in [0.29, 0.717) is 64.2 Å². The SMILES string of the molecule is CCCCCC/C=C\CCCC(=O)OC(CCCCCCC)CCOCC(COP(=O)([O-])OCCNC(=O)NCCOP(=O)([O-])OCC(COCCC(CCCCCCC)OC(=O)CCC/C=C\CCCCCC)NC(=O)C[C@@H](CCCCCCC)OC(=O)CCC/C=C\CCCCCC)NC(=O)C[C@@H](CCCCCCC)OC(=O)CCC/C=C\CCCCCC. The van der Waals surface area contributed by atoms with Gasteiger partial charge in [-0.15, -0.1) is 0 Å². The topological polar surface area (TPSA) is 340 Å². The average molecular weight is 1830 g/mol. The van der Waals surface area contributed by atoms with Crippen LogP contribution in [0, 0.1) is 0 Å². The van der Waals surface area contributed by atoms with Gasteiger partial charge >= 0.3 is 29.9 Å². The lowest BCUT2D eigenvalue weighted by Gasteiger charge is -2.27. The standard InChI is InChI=1S/C99H184N4O21P2/c1-9-17-25-33-37-41-45-53-61-69-95(106)121-89(65-57-49-29-21-13-5)73-77-115-83-87(102-93(104)81-91(67-59-51-31-23-15-7)123-97(108)71-63-55-47-43-39-35-27-19-11-3)85-119-125(111,112)117-79-75-100-99(110)101-76-80-118-126(113,114)120-86-88(84-116-78-74-90(66-58-50-30-22-14-6)122-96(107)70-62-54-46-42-38-34-26-18-10-2)103-94(105)82-92(68-60-52-32-24-16-8)124-98(109)72-64-56-48-44-40-36-28-20-12-4/h41-48,87-92H,9-40,49-86H2,1-8H3,(H,102,104)(H,103,105)(H,111,112)(H,113,114)(H2,100,101,110)/p-2/b45-41-,46-42-,47-43-,48-44-/t87?,88?,89?,90?,91-,92-/m1/s1. The van der Waals surface area contributed by atoms with Gasteiger partial charge in [0.2, 0.25) is 11.8 Å². The van der Waals surface area contributed by atoms with Crippen molar-refractivity contribution >= 4 is 57.4 Å². The van der Waals surface area contributed by atoms with Crippen LogP contribution in [0.1, 0.15) is 441 Å². The van der Waals surface area contributed by atoms with Crippen LogP contribution in [-0.4, -0.2) is 144 Å². The molecule has 126 heavy (non-hydrogen) atoms. The number of phosphoric acid groups is 2. The minimum absolute atomic E-state index is 0.113. The molecule has 0 aliphatic rings. The molecule has 0 aromatic rings. The molecule has 0 aliphatic carbocycles. The third kappa shape index (κ3) is 83.5. The highest BCUT2D eigenvalue weighted by atomic mass is 31.2. The van der Waals surface area contributed by atoms with Crippen molar-refractivity contribution in [2.45, 2.75) is 477 Å². The second kappa shape index (κ2) is 89.4. The lowest BCUT2D eigenvalue weighted by atomic mass is 10.1. The minimum atomic E-state index is -5.12. The number of allylic oxidation sites excluding steroid dienone is 8. The maximum absolute atomic E-state index is 14.0. The van der Waals surface area contributed by atoms with E-state index in [1.165, 1.54) is 77.0 Å². The molecule has 0 fully saturated rings. The maximum atomic E-state index is 14.0. The van der Waals surface area contributed by atoms with Crippen molar-refractivity contribution in [3.63, 3.8) is 0 Å². The van der Waals surface area contributed by atoms with Crippen molar-refractivity contribution < 1.29 is 99.0 Å². The van der Waals surface area contributed by atoms with Gasteiger partial charge in [-0.1, -0.05) is 284 Å². The molecule has 4 amide bonds. The van der Waals surface area contributed by atoms with Crippen molar-refractivity contribution in [1.82, 2.24) is 21.3 Å². The second-order valence-corrected chi connectivity index (χ2v) is 36.9. The Bertz CT molecular complexity index is 2650. The van der Waals surface area contributed by atoms with Gasteiger partial charge in [-0.05, 0) is 154 Å². The summed E-state index contributed by atoms with van der Waals surface area (Å²) in [7, 11) is -10.2. The van der Waals surface area contributed by atoms with E-state index in [4.69, 9.17) is 46.5 Å². The van der Waals surface area contributed by atoms with Crippen molar-refractivity contribution in [3.05, 3.63) is 48.6 Å². The van der Waals surface area contributed by atoms with Gasteiger partial charge in [0.05, 0.1) is 77.8 Å². The minimum Gasteiger partial charge on any atom is -0.756 e. The number of unbranched alkanes of at least 4 members (excludes halogenated alkanes) is 36. The summed E-state index contributed by atoms with van der Waals surface area (Å²) in [5.74, 6) is -2.38. The molecule has 25 nitrogen and oxygen atoms in total. The number of hydrogen-bond donors (Lipinski definition) is 4. The van der Waals surface area contributed by atoms with E-state index in [-0.39, 0.29) is 90.0 Å². The zero-order valence-corrected chi connectivity index (χ0v) is 82.3. The zero-order valence-electron chi connectivity index (χ0n) is 80.5. The molecule has 6 unspecified atom stereocenters. The number of rotatable bonds is 94. The van der Waals surface area contributed by atoms with E-state index >= 15 is 0 Å². The molecular formula is C99H182N4O21P2-2. The van der Waals surface area contributed by atoms with Crippen molar-refractivity contribution in [1.29, 1.82) is 0 Å². The molecular weight excluding hydrogens is 1640 g/mol. The molecule has 0 aromatic carbocycles. The first-order valence-corrected chi connectivity index (χ1v) is 53.4. The van der Waals surface area contributed by atoms with Crippen LogP contribution in [0.4, 0.5) is 4.79 Å². The van der Waals surface area contributed by atoms with Gasteiger partial charge in [-0.25, -0.2) is 4.79 Å². The quantitative estimate of drug-likeness (QED) is 0.0144. The Morgan fingerprint density at radius 3 is 0.786 bits per heavy atom. The largest absolute Gasteiger partial charge is 0.756 e. The number of carbonyl (C=O) groups is 7. The number of ether oxygens (including phenoxy) is 6. The molecule has 4 N–H and O–H groups in total. The van der Waals surface area contributed by atoms with Crippen LogP contribution >= 0.6 is 15.6 Å². The fourth-order valence-electron chi connectivity index (χ4n) is 14.2. The van der Waals surface area contributed by atoms with Crippen molar-refractivity contribution in [2.75, 3.05) is 65.9 Å². The molecule has 0 saturated carbocycles. The number of amides is 4. The average Bonchev–Trinajstić information content (AvgIpc) is 0.906. The van der Waals surface area contributed by atoms with E-state index in [0.717, 1.165) is 205 Å². The number of hydrogen-bond acceptors (Lipinski definition) is 21.